The Bertz CT molecular complexity index is 613. The van der Waals surface area contributed by atoms with Gasteiger partial charge in [0.15, 0.2) is 0 Å². The summed E-state index contributed by atoms with van der Waals surface area (Å²) in [4.78, 5) is 12.0. The van der Waals surface area contributed by atoms with Crippen molar-refractivity contribution in [2.45, 2.75) is 13.5 Å². The van der Waals surface area contributed by atoms with Crippen LogP contribution in [0, 0.1) is 6.92 Å². The fourth-order valence-electron chi connectivity index (χ4n) is 1.65. The lowest BCUT2D eigenvalue weighted by atomic mass is 10.1. The van der Waals surface area contributed by atoms with Crippen LogP contribution >= 0.6 is 27.5 Å². The predicted octanol–water partition coefficient (Wildman–Crippen LogP) is 4.34. The topological polar surface area (TPSA) is 29.1 Å². The predicted molar refractivity (Wildman–Crippen MR) is 81.5 cm³/mol. The first kappa shape index (κ1) is 14.1. The minimum Gasteiger partial charge on any atom is -0.348 e. The average Bonchev–Trinajstić information content (AvgIpc) is 2.40. The standard InChI is InChI=1S/C15H13BrClNO/c1-10-6-7-11(8-13(10)16)15(19)18-9-12-4-2-3-5-14(12)17/h2-8H,9H2,1H3,(H,18,19). The van der Waals surface area contributed by atoms with E-state index < -0.39 is 0 Å². The maximum absolute atomic E-state index is 12.0. The second-order valence-electron chi connectivity index (χ2n) is 4.24. The molecule has 0 radical (unpaired) electrons. The largest absolute Gasteiger partial charge is 0.348 e. The Balaban J connectivity index is 2.05. The number of amides is 1. The zero-order valence-corrected chi connectivity index (χ0v) is 12.8. The van der Waals surface area contributed by atoms with Gasteiger partial charge < -0.3 is 5.32 Å². The lowest BCUT2D eigenvalue weighted by Crippen LogP contribution is -2.22. The third-order valence-corrected chi connectivity index (χ3v) is 4.05. The monoisotopic (exact) mass is 337 g/mol. The van der Waals surface area contributed by atoms with Crippen LogP contribution in [0.5, 0.6) is 0 Å². The normalized spacial score (nSPS) is 10.3. The highest BCUT2D eigenvalue weighted by atomic mass is 79.9. The first-order chi connectivity index (χ1) is 9.08. The number of rotatable bonds is 3. The van der Waals surface area contributed by atoms with Crippen molar-refractivity contribution >= 4 is 33.4 Å². The van der Waals surface area contributed by atoms with Crippen LogP contribution in [0.25, 0.3) is 0 Å². The van der Waals surface area contributed by atoms with Crippen LogP contribution < -0.4 is 5.32 Å². The second-order valence-corrected chi connectivity index (χ2v) is 5.50. The number of aryl methyl sites for hydroxylation is 1. The number of halogens is 2. The van der Waals surface area contributed by atoms with Gasteiger partial charge in [0.05, 0.1) is 0 Å². The van der Waals surface area contributed by atoms with E-state index >= 15 is 0 Å². The summed E-state index contributed by atoms with van der Waals surface area (Å²) in [7, 11) is 0. The van der Waals surface area contributed by atoms with Gasteiger partial charge in [-0.15, -0.1) is 0 Å². The maximum Gasteiger partial charge on any atom is 0.251 e. The zero-order valence-electron chi connectivity index (χ0n) is 10.4. The Morgan fingerprint density at radius 3 is 2.68 bits per heavy atom. The smallest absolute Gasteiger partial charge is 0.251 e. The molecule has 2 rings (SSSR count). The molecule has 19 heavy (non-hydrogen) atoms. The number of benzene rings is 2. The van der Waals surface area contributed by atoms with E-state index in [1.54, 1.807) is 0 Å². The van der Waals surface area contributed by atoms with E-state index in [1.165, 1.54) is 0 Å². The van der Waals surface area contributed by atoms with Gasteiger partial charge in [-0.3, -0.25) is 4.79 Å². The van der Waals surface area contributed by atoms with E-state index in [0.29, 0.717) is 17.1 Å². The average molecular weight is 339 g/mol. The molecular formula is C15H13BrClNO. The third kappa shape index (κ3) is 3.58. The van der Waals surface area contributed by atoms with E-state index in [9.17, 15) is 4.79 Å². The summed E-state index contributed by atoms with van der Waals surface area (Å²) < 4.78 is 0.929. The van der Waals surface area contributed by atoms with Gasteiger partial charge in [0.2, 0.25) is 0 Å². The summed E-state index contributed by atoms with van der Waals surface area (Å²) in [5.41, 5.74) is 2.64. The van der Waals surface area contributed by atoms with Crippen LogP contribution in [-0.4, -0.2) is 5.91 Å². The Labute approximate surface area is 125 Å². The number of hydrogen-bond donors (Lipinski definition) is 1. The third-order valence-electron chi connectivity index (χ3n) is 2.83. The molecule has 2 aromatic carbocycles. The molecule has 0 aliphatic carbocycles. The molecule has 0 atom stereocenters. The van der Waals surface area contributed by atoms with Crippen molar-refractivity contribution in [1.29, 1.82) is 0 Å². The first-order valence-corrected chi connectivity index (χ1v) is 7.03. The van der Waals surface area contributed by atoms with Crippen LogP contribution in [0.3, 0.4) is 0 Å². The molecule has 2 aromatic rings. The summed E-state index contributed by atoms with van der Waals surface area (Å²) in [6.07, 6.45) is 0. The number of hydrogen-bond acceptors (Lipinski definition) is 1. The number of carbonyl (C=O) groups is 1. The first-order valence-electron chi connectivity index (χ1n) is 5.85. The molecule has 1 N–H and O–H groups in total. The van der Waals surface area contributed by atoms with Gasteiger partial charge in [-0.25, -0.2) is 0 Å². The van der Waals surface area contributed by atoms with Crippen LogP contribution in [0.1, 0.15) is 21.5 Å². The molecule has 0 aliphatic heterocycles. The van der Waals surface area contributed by atoms with Crippen LogP contribution in [0.15, 0.2) is 46.9 Å². The molecule has 0 saturated carbocycles. The molecule has 0 saturated heterocycles. The van der Waals surface area contributed by atoms with Crippen molar-refractivity contribution in [2.24, 2.45) is 0 Å². The van der Waals surface area contributed by atoms with Crippen LogP contribution in [-0.2, 0) is 6.54 Å². The second kappa shape index (κ2) is 6.22. The van der Waals surface area contributed by atoms with Gasteiger partial charge in [-0.2, -0.15) is 0 Å². The molecule has 98 valence electrons. The highest BCUT2D eigenvalue weighted by Crippen LogP contribution is 2.18. The zero-order chi connectivity index (χ0) is 13.8. The van der Waals surface area contributed by atoms with Crippen molar-refractivity contribution in [3.63, 3.8) is 0 Å². The highest BCUT2D eigenvalue weighted by molar-refractivity contribution is 9.10. The molecule has 0 aromatic heterocycles. The Hall–Kier alpha value is -1.32. The number of carbonyl (C=O) groups excluding carboxylic acids is 1. The van der Waals surface area contributed by atoms with E-state index in [1.807, 2.05) is 49.4 Å². The summed E-state index contributed by atoms with van der Waals surface area (Å²) in [6.45, 7) is 2.40. The van der Waals surface area contributed by atoms with Crippen molar-refractivity contribution in [1.82, 2.24) is 5.32 Å². The molecule has 0 spiro atoms. The summed E-state index contributed by atoms with van der Waals surface area (Å²) in [5.74, 6) is -0.111. The molecule has 2 nitrogen and oxygen atoms in total. The van der Waals surface area contributed by atoms with E-state index in [-0.39, 0.29) is 5.91 Å². The van der Waals surface area contributed by atoms with Crippen LogP contribution in [0.2, 0.25) is 5.02 Å². The lowest BCUT2D eigenvalue weighted by molar-refractivity contribution is 0.0951. The Morgan fingerprint density at radius 1 is 1.26 bits per heavy atom. The quantitative estimate of drug-likeness (QED) is 0.886. The summed E-state index contributed by atoms with van der Waals surface area (Å²) in [6, 6.07) is 13.0. The number of nitrogens with one attached hydrogen (secondary N) is 1. The molecule has 0 heterocycles. The molecule has 0 unspecified atom stereocenters. The van der Waals surface area contributed by atoms with Gasteiger partial charge in [0.25, 0.3) is 5.91 Å². The van der Waals surface area contributed by atoms with Crippen LogP contribution in [0.4, 0.5) is 0 Å². The van der Waals surface area contributed by atoms with Crippen molar-refractivity contribution in [2.75, 3.05) is 0 Å². The van der Waals surface area contributed by atoms with Crippen molar-refractivity contribution in [3.05, 3.63) is 68.7 Å². The van der Waals surface area contributed by atoms with Gasteiger partial charge in [0, 0.05) is 21.6 Å². The molecule has 0 aliphatic rings. The Kier molecular flexibility index (Phi) is 4.61. The van der Waals surface area contributed by atoms with Gasteiger partial charge >= 0.3 is 0 Å². The SMILES string of the molecule is Cc1ccc(C(=O)NCc2ccccc2Cl)cc1Br. The fourth-order valence-corrected chi connectivity index (χ4v) is 2.23. The molecule has 0 fully saturated rings. The Morgan fingerprint density at radius 2 is 2.00 bits per heavy atom. The minimum absolute atomic E-state index is 0.111. The van der Waals surface area contributed by atoms with Crippen molar-refractivity contribution in [3.8, 4) is 0 Å². The fraction of sp³-hybridized carbons (Fsp3) is 0.133. The highest BCUT2D eigenvalue weighted by Gasteiger charge is 2.07. The summed E-state index contributed by atoms with van der Waals surface area (Å²) >= 11 is 9.46. The van der Waals surface area contributed by atoms with E-state index in [0.717, 1.165) is 15.6 Å². The van der Waals surface area contributed by atoms with Gasteiger partial charge in [-0.05, 0) is 36.2 Å². The molecule has 0 bridgehead atoms. The van der Waals surface area contributed by atoms with Gasteiger partial charge in [-0.1, -0.05) is 51.8 Å². The van der Waals surface area contributed by atoms with E-state index in [2.05, 4.69) is 21.2 Å². The maximum atomic E-state index is 12.0. The molecule has 1 amide bonds. The molecular weight excluding hydrogens is 326 g/mol. The minimum atomic E-state index is -0.111. The molecule has 4 heteroatoms. The van der Waals surface area contributed by atoms with Gasteiger partial charge in [0.1, 0.15) is 0 Å². The summed E-state index contributed by atoms with van der Waals surface area (Å²) in [5, 5.41) is 3.52. The van der Waals surface area contributed by atoms with E-state index in [4.69, 9.17) is 11.6 Å². The lowest BCUT2D eigenvalue weighted by Gasteiger charge is -2.08. The van der Waals surface area contributed by atoms with Crippen molar-refractivity contribution < 1.29 is 4.79 Å².